The molecule has 1 spiro atoms. The van der Waals surface area contributed by atoms with Crippen LogP contribution in [0.25, 0.3) is 0 Å². The van der Waals surface area contributed by atoms with Crippen molar-refractivity contribution in [1.82, 2.24) is 0 Å². The van der Waals surface area contributed by atoms with E-state index in [9.17, 15) is 0 Å². The maximum atomic E-state index is 2.42. The maximum absolute atomic E-state index is 2.42. The van der Waals surface area contributed by atoms with Crippen molar-refractivity contribution in [3.63, 3.8) is 0 Å². The fourth-order valence-electron chi connectivity index (χ4n) is 3.53. The summed E-state index contributed by atoms with van der Waals surface area (Å²) in [6.07, 6.45) is 10.7. The third kappa shape index (κ3) is 1.78. The molecule has 2 fully saturated rings. The SMILES string of the molecule is CC(C)(C)C1CCC2(CCCC2)C1. The summed E-state index contributed by atoms with van der Waals surface area (Å²) in [6.45, 7) is 7.27. The minimum atomic E-state index is 0.562. The van der Waals surface area contributed by atoms with Gasteiger partial charge < -0.3 is 0 Å². The molecule has 0 radical (unpaired) electrons. The van der Waals surface area contributed by atoms with Crippen LogP contribution in [0.3, 0.4) is 0 Å². The van der Waals surface area contributed by atoms with Gasteiger partial charge in [-0.3, -0.25) is 0 Å². The smallest absolute Gasteiger partial charge is 0.0295 e. The first kappa shape index (κ1) is 9.55. The Hall–Kier alpha value is 0. The molecular weight excluding hydrogens is 156 g/mol. The molecule has 1 atom stereocenters. The quantitative estimate of drug-likeness (QED) is 0.518. The maximum Gasteiger partial charge on any atom is -0.0295 e. The van der Waals surface area contributed by atoms with Gasteiger partial charge >= 0.3 is 0 Å². The Balaban J connectivity index is 2.01. The van der Waals surface area contributed by atoms with Gasteiger partial charge in [0.25, 0.3) is 0 Å². The third-order valence-corrected chi connectivity index (χ3v) is 4.59. The Morgan fingerprint density at radius 3 is 2.08 bits per heavy atom. The van der Waals surface area contributed by atoms with Crippen molar-refractivity contribution < 1.29 is 0 Å². The molecular formula is C13H24. The minimum absolute atomic E-state index is 0.562. The van der Waals surface area contributed by atoms with E-state index in [1.54, 1.807) is 12.8 Å². The molecule has 0 bridgehead atoms. The Morgan fingerprint density at radius 2 is 1.62 bits per heavy atom. The van der Waals surface area contributed by atoms with Gasteiger partial charge in [-0.1, -0.05) is 33.6 Å². The molecule has 0 N–H and O–H groups in total. The molecule has 0 heterocycles. The van der Waals surface area contributed by atoms with E-state index in [4.69, 9.17) is 0 Å². The van der Waals surface area contributed by atoms with Crippen molar-refractivity contribution in [2.24, 2.45) is 16.7 Å². The van der Waals surface area contributed by atoms with Crippen molar-refractivity contribution in [3.8, 4) is 0 Å². The van der Waals surface area contributed by atoms with Crippen LogP contribution in [-0.4, -0.2) is 0 Å². The first-order valence-electron chi connectivity index (χ1n) is 6.02. The zero-order valence-corrected chi connectivity index (χ0v) is 9.53. The standard InChI is InChI=1S/C13H24/c1-12(2,3)11-6-9-13(10-11)7-4-5-8-13/h11H,4-10H2,1-3H3. The molecule has 2 aliphatic rings. The van der Waals surface area contributed by atoms with Gasteiger partial charge in [0.1, 0.15) is 0 Å². The van der Waals surface area contributed by atoms with Crippen LogP contribution < -0.4 is 0 Å². The first-order chi connectivity index (χ1) is 6.02. The van der Waals surface area contributed by atoms with E-state index in [0.717, 1.165) is 11.3 Å². The van der Waals surface area contributed by atoms with Gasteiger partial charge in [0.05, 0.1) is 0 Å². The summed E-state index contributed by atoms with van der Waals surface area (Å²) in [5.74, 6) is 1.01. The lowest BCUT2D eigenvalue weighted by Gasteiger charge is -2.29. The monoisotopic (exact) mass is 180 g/mol. The lowest BCUT2D eigenvalue weighted by Crippen LogP contribution is -2.20. The Labute approximate surface area is 83.1 Å². The van der Waals surface area contributed by atoms with Crippen LogP contribution in [0.5, 0.6) is 0 Å². The zero-order valence-electron chi connectivity index (χ0n) is 9.53. The number of hydrogen-bond acceptors (Lipinski definition) is 0. The summed E-state index contributed by atoms with van der Waals surface area (Å²) in [6, 6.07) is 0. The molecule has 2 saturated carbocycles. The average molecular weight is 180 g/mol. The number of rotatable bonds is 0. The molecule has 13 heavy (non-hydrogen) atoms. The predicted molar refractivity (Wildman–Crippen MR) is 57.7 cm³/mol. The van der Waals surface area contributed by atoms with E-state index >= 15 is 0 Å². The van der Waals surface area contributed by atoms with Crippen LogP contribution in [0, 0.1) is 16.7 Å². The predicted octanol–water partition coefficient (Wildman–Crippen LogP) is 4.39. The second-order valence-corrected chi connectivity index (χ2v) is 6.51. The van der Waals surface area contributed by atoms with Crippen molar-refractivity contribution in [3.05, 3.63) is 0 Å². The van der Waals surface area contributed by atoms with Crippen LogP contribution in [0.15, 0.2) is 0 Å². The molecule has 2 aliphatic carbocycles. The van der Waals surface area contributed by atoms with Crippen LogP contribution >= 0.6 is 0 Å². The van der Waals surface area contributed by atoms with Crippen LogP contribution in [0.4, 0.5) is 0 Å². The van der Waals surface area contributed by atoms with E-state index in [1.807, 2.05) is 0 Å². The fraction of sp³-hybridized carbons (Fsp3) is 1.00. The van der Waals surface area contributed by atoms with Crippen molar-refractivity contribution >= 4 is 0 Å². The normalized spacial score (nSPS) is 33.0. The second-order valence-electron chi connectivity index (χ2n) is 6.51. The lowest BCUT2D eigenvalue weighted by atomic mass is 9.76. The first-order valence-corrected chi connectivity index (χ1v) is 6.02. The van der Waals surface area contributed by atoms with Gasteiger partial charge in [-0.2, -0.15) is 0 Å². The highest BCUT2D eigenvalue weighted by atomic mass is 14.5. The molecule has 0 saturated heterocycles. The molecule has 0 nitrogen and oxygen atoms in total. The summed E-state index contributed by atoms with van der Waals surface area (Å²) in [5.41, 5.74) is 1.38. The lowest BCUT2D eigenvalue weighted by molar-refractivity contribution is 0.209. The molecule has 2 rings (SSSR count). The molecule has 0 amide bonds. The molecule has 0 aromatic carbocycles. The van der Waals surface area contributed by atoms with Gasteiger partial charge in [0, 0.05) is 0 Å². The van der Waals surface area contributed by atoms with E-state index in [1.165, 1.54) is 32.1 Å². The fourth-order valence-corrected chi connectivity index (χ4v) is 3.53. The van der Waals surface area contributed by atoms with E-state index in [2.05, 4.69) is 20.8 Å². The second kappa shape index (κ2) is 3.00. The Bertz CT molecular complexity index is 179. The number of hydrogen-bond donors (Lipinski definition) is 0. The van der Waals surface area contributed by atoms with Gasteiger partial charge in [0.2, 0.25) is 0 Å². The van der Waals surface area contributed by atoms with E-state index in [0.29, 0.717) is 5.41 Å². The summed E-state index contributed by atoms with van der Waals surface area (Å²) in [5, 5.41) is 0. The zero-order chi connectivity index (χ0) is 9.53. The summed E-state index contributed by atoms with van der Waals surface area (Å²) in [7, 11) is 0. The Morgan fingerprint density at radius 1 is 1.00 bits per heavy atom. The summed E-state index contributed by atoms with van der Waals surface area (Å²) < 4.78 is 0. The summed E-state index contributed by atoms with van der Waals surface area (Å²) >= 11 is 0. The van der Waals surface area contributed by atoms with Crippen LogP contribution in [0.2, 0.25) is 0 Å². The third-order valence-electron chi connectivity index (χ3n) is 4.59. The highest BCUT2D eigenvalue weighted by molar-refractivity contribution is 4.95. The van der Waals surface area contributed by atoms with Gasteiger partial charge in [-0.25, -0.2) is 0 Å². The van der Waals surface area contributed by atoms with Crippen molar-refractivity contribution in [2.45, 2.75) is 65.7 Å². The van der Waals surface area contributed by atoms with Gasteiger partial charge in [-0.05, 0) is 48.9 Å². The van der Waals surface area contributed by atoms with Gasteiger partial charge in [0.15, 0.2) is 0 Å². The molecule has 1 unspecified atom stereocenters. The van der Waals surface area contributed by atoms with Crippen LogP contribution in [0.1, 0.15) is 65.7 Å². The minimum Gasteiger partial charge on any atom is -0.0599 e. The topological polar surface area (TPSA) is 0 Å². The molecule has 0 heteroatoms. The van der Waals surface area contributed by atoms with Crippen molar-refractivity contribution in [2.75, 3.05) is 0 Å². The summed E-state index contributed by atoms with van der Waals surface area (Å²) in [4.78, 5) is 0. The molecule has 0 aliphatic heterocycles. The van der Waals surface area contributed by atoms with E-state index in [-0.39, 0.29) is 0 Å². The largest absolute Gasteiger partial charge is 0.0599 e. The average Bonchev–Trinajstić information content (AvgIpc) is 2.60. The molecule has 0 aromatic rings. The molecule has 0 aromatic heterocycles. The van der Waals surface area contributed by atoms with Crippen LogP contribution in [-0.2, 0) is 0 Å². The van der Waals surface area contributed by atoms with Gasteiger partial charge in [-0.15, -0.1) is 0 Å². The highest BCUT2D eigenvalue weighted by Gasteiger charge is 2.44. The molecule has 76 valence electrons. The van der Waals surface area contributed by atoms with Crippen molar-refractivity contribution in [1.29, 1.82) is 0 Å². The highest BCUT2D eigenvalue weighted by Crippen LogP contribution is 2.56. The Kier molecular flexibility index (Phi) is 2.20. The van der Waals surface area contributed by atoms with E-state index < -0.39 is 0 Å².